The highest BCUT2D eigenvalue weighted by Gasteiger charge is 2.35. The van der Waals surface area contributed by atoms with Gasteiger partial charge in [-0.15, -0.1) is 0 Å². The minimum Gasteiger partial charge on any atom is -0.481 e. The Labute approximate surface area is 180 Å². The van der Waals surface area contributed by atoms with Gasteiger partial charge in [0.05, 0.1) is 5.92 Å². The Morgan fingerprint density at radius 2 is 2.10 bits per heavy atom. The highest BCUT2D eigenvalue weighted by Crippen LogP contribution is 2.26. The van der Waals surface area contributed by atoms with Crippen LogP contribution >= 0.6 is 11.6 Å². The lowest BCUT2D eigenvalue weighted by Gasteiger charge is -2.24. The zero-order valence-corrected chi connectivity index (χ0v) is 17.4. The van der Waals surface area contributed by atoms with Crippen molar-refractivity contribution in [2.24, 2.45) is 11.7 Å². The van der Waals surface area contributed by atoms with E-state index in [4.69, 9.17) is 17.3 Å². The Kier molecular flexibility index (Phi) is 7.33. The second kappa shape index (κ2) is 9.95. The van der Waals surface area contributed by atoms with Crippen LogP contribution in [0.3, 0.4) is 0 Å². The summed E-state index contributed by atoms with van der Waals surface area (Å²) in [6.45, 7) is 0.863. The van der Waals surface area contributed by atoms with Gasteiger partial charge >= 0.3 is 5.97 Å². The standard InChI is InChI=1S/C21H27ClN4O4/c22-14-7-6-12-11-24-18(10-13(12)9-14)20(28)26-17(5-2-8-23)19(27)25-16-4-1-3-15(16)21(29)30/h6-7,9-10,15-17,24H,1-5,8,11,23H2,(H,25,27)(H,26,28)(H,29,30). The molecule has 1 aromatic carbocycles. The smallest absolute Gasteiger partial charge is 0.308 e. The molecule has 1 aromatic rings. The first-order valence-electron chi connectivity index (χ1n) is 10.2. The molecule has 0 aromatic heterocycles. The van der Waals surface area contributed by atoms with E-state index < -0.39 is 29.9 Å². The highest BCUT2D eigenvalue weighted by atomic mass is 35.5. The molecule has 3 unspecified atom stereocenters. The third-order valence-electron chi connectivity index (χ3n) is 5.60. The van der Waals surface area contributed by atoms with Crippen molar-refractivity contribution in [3.05, 3.63) is 40.0 Å². The molecule has 9 heteroatoms. The van der Waals surface area contributed by atoms with Gasteiger partial charge in [0.25, 0.3) is 5.91 Å². The number of carboxylic acids is 1. The molecule has 1 aliphatic heterocycles. The predicted molar refractivity (Wildman–Crippen MR) is 113 cm³/mol. The second-order valence-corrected chi connectivity index (χ2v) is 8.14. The van der Waals surface area contributed by atoms with Gasteiger partial charge in [-0.2, -0.15) is 0 Å². The fourth-order valence-corrected chi connectivity index (χ4v) is 4.12. The van der Waals surface area contributed by atoms with E-state index in [0.29, 0.717) is 49.5 Å². The zero-order chi connectivity index (χ0) is 21.7. The van der Waals surface area contributed by atoms with Gasteiger partial charge in [-0.1, -0.05) is 24.1 Å². The molecule has 3 atom stereocenters. The molecule has 162 valence electrons. The second-order valence-electron chi connectivity index (χ2n) is 7.70. The van der Waals surface area contributed by atoms with Gasteiger partial charge in [0, 0.05) is 17.6 Å². The summed E-state index contributed by atoms with van der Waals surface area (Å²) < 4.78 is 0. The van der Waals surface area contributed by atoms with Gasteiger partial charge < -0.3 is 26.8 Å². The van der Waals surface area contributed by atoms with Crippen LogP contribution in [0.1, 0.15) is 43.2 Å². The first-order valence-corrected chi connectivity index (χ1v) is 10.5. The largest absolute Gasteiger partial charge is 0.481 e. The van der Waals surface area contributed by atoms with Gasteiger partial charge in [-0.05, 0) is 61.6 Å². The van der Waals surface area contributed by atoms with Crippen LogP contribution in [0.4, 0.5) is 0 Å². The van der Waals surface area contributed by atoms with Crippen molar-refractivity contribution in [1.82, 2.24) is 16.0 Å². The van der Waals surface area contributed by atoms with Crippen molar-refractivity contribution < 1.29 is 19.5 Å². The lowest BCUT2D eigenvalue weighted by atomic mass is 10.0. The summed E-state index contributed by atoms with van der Waals surface area (Å²) in [6, 6.07) is 4.26. The molecule has 8 nitrogen and oxygen atoms in total. The summed E-state index contributed by atoms with van der Waals surface area (Å²) in [4.78, 5) is 37.0. The minimum absolute atomic E-state index is 0.347. The number of carboxylic acid groups (broad SMARTS) is 1. The number of amides is 2. The van der Waals surface area contributed by atoms with E-state index in [1.54, 1.807) is 18.2 Å². The number of rotatable bonds is 8. The van der Waals surface area contributed by atoms with Crippen LogP contribution in [0.25, 0.3) is 6.08 Å². The fraction of sp³-hybridized carbons (Fsp3) is 0.476. The van der Waals surface area contributed by atoms with Gasteiger partial charge in [0.15, 0.2) is 0 Å². The van der Waals surface area contributed by atoms with Crippen LogP contribution in [0.15, 0.2) is 23.9 Å². The number of hydrogen-bond acceptors (Lipinski definition) is 5. The molecule has 1 aliphatic carbocycles. The molecule has 1 fully saturated rings. The van der Waals surface area contributed by atoms with E-state index in [9.17, 15) is 19.5 Å². The third-order valence-corrected chi connectivity index (χ3v) is 5.84. The first-order chi connectivity index (χ1) is 14.4. The number of aliphatic carboxylic acids is 1. The first kappa shape index (κ1) is 22.1. The average molecular weight is 435 g/mol. The Morgan fingerprint density at radius 3 is 2.83 bits per heavy atom. The lowest BCUT2D eigenvalue weighted by molar-refractivity contribution is -0.142. The predicted octanol–water partition coefficient (Wildman–Crippen LogP) is 1.38. The zero-order valence-electron chi connectivity index (χ0n) is 16.6. The molecule has 2 aliphatic rings. The summed E-state index contributed by atoms with van der Waals surface area (Å²) in [5.41, 5.74) is 7.81. The molecular weight excluding hydrogens is 408 g/mol. The molecule has 0 saturated heterocycles. The van der Waals surface area contributed by atoms with E-state index in [-0.39, 0.29) is 5.91 Å². The van der Waals surface area contributed by atoms with Gasteiger partial charge in [-0.25, -0.2) is 0 Å². The Morgan fingerprint density at radius 1 is 1.30 bits per heavy atom. The van der Waals surface area contributed by atoms with Crippen LogP contribution in [-0.4, -0.2) is 41.5 Å². The monoisotopic (exact) mass is 434 g/mol. The van der Waals surface area contributed by atoms with Crippen LogP contribution in [-0.2, 0) is 20.9 Å². The van der Waals surface area contributed by atoms with Crippen molar-refractivity contribution in [2.45, 2.75) is 50.7 Å². The molecule has 1 saturated carbocycles. The van der Waals surface area contributed by atoms with E-state index in [2.05, 4.69) is 16.0 Å². The summed E-state index contributed by atoms with van der Waals surface area (Å²) >= 11 is 6.05. The maximum absolute atomic E-state index is 12.8. The molecule has 3 rings (SSSR count). The van der Waals surface area contributed by atoms with Crippen LogP contribution < -0.4 is 21.7 Å². The van der Waals surface area contributed by atoms with Crippen molar-refractivity contribution >= 4 is 35.5 Å². The Bertz CT molecular complexity index is 857. The average Bonchev–Trinajstić information content (AvgIpc) is 3.18. The number of carbonyl (C=O) groups excluding carboxylic acids is 2. The maximum atomic E-state index is 12.8. The minimum atomic E-state index is -0.908. The SMILES string of the molecule is NCCCC(NC(=O)C1=Cc2cc(Cl)ccc2CN1)C(=O)NC1CCCC1C(=O)O. The Balaban J connectivity index is 1.69. The fourth-order valence-electron chi connectivity index (χ4n) is 3.94. The normalized spacial score (nSPS) is 21.1. The molecule has 1 heterocycles. The third kappa shape index (κ3) is 5.31. The van der Waals surface area contributed by atoms with E-state index in [1.807, 2.05) is 6.07 Å². The van der Waals surface area contributed by atoms with Gasteiger partial charge in [0.2, 0.25) is 5.91 Å². The number of nitrogens with one attached hydrogen (secondary N) is 3. The highest BCUT2D eigenvalue weighted by molar-refractivity contribution is 6.30. The van der Waals surface area contributed by atoms with Gasteiger partial charge in [0.1, 0.15) is 11.7 Å². The lowest BCUT2D eigenvalue weighted by Crippen LogP contribution is -2.52. The number of benzene rings is 1. The van der Waals surface area contributed by atoms with Crippen LogP contribution in [0.2, 0.25) is 5.02 Å². The van der Waals surface area contributed by atoms with Crippen molar-refractivity contribution in [1.29, 1.82) is 0 Å². The number of fused-ring (bicyclic) bond motifs is 1. The van der Waals surface area contributed by atoms with E-state index >= 15 is 0 Å². The van der Waals surface area contributed by atoms with Crippen LogP contribution in [0.5, 0.6) is 0 Å². The molecule has 0 spiro atoms. The molecule has 6 N–H and O–H groups in total. The van der Waals surface area contributed by atoms with Crippen molar-refractivity contribution in [2.75, 3.05) is 6.54 Å². The molecule has 0 radical (unpaired) electrons. The van der Waals surface area contributed by atoms with E-state index in [1.165, 1.54) is 0 Å². The van der Waals surface area contributed by atoms with E-state index in [0.717, 1.165) is 17.5 Å². The number of hydrogen-bond donors (Lipinski definition) is 5. The number of carbonyl (C=O) groups is 3. The quantitative estimate of drug-likeness (QED) is 0.419. The topological polar surface area (TPSA) is 134 Å². The summed E-state index contributed by atoms with van der Waals surface area (Å²) in [5.74, 6) is -2.29. The van der Waals surface area contributed by atoms with Gasteiger partial charge in [-0.3, -0.25) is 14.4 Å². The number of nitrogens with two attached hydrogens (primary N) is 1. The number of halogens is 1. The molecule has 0 bridgehead atoms. The summed E-state index contributed by atoms with van der Waals surface area (Å²) in [5, 5.41) is 18.6. The van der Waals surface area contributed by atoms with Crippen LogP contribution in [0, 0.1) is 5.92 Å². The molecular formula is C21H27ClN4O4. The summed E-state index contributed by atoms with van der Waals surface area (Å²) in [7, 11) is 0. The maximum Gasteiger partial charge on any atom is 0.308 e. The van der Waals surface area contributed by atoms with Crippen molar-refractivity contribution in [3.63, 3.8) is 0 Å². The summed E-state index contributed by atoms with van der Waals surface area (Å²) in [6.07, 6.45) is 4.53. The van der Waals surface area contributed by atoms with Crippen molar-refractivity contribution in [3.8, 4) is 0 Å². The molecule has 30 heavy (non-hydrogen) atoms. The molecule has 2 amide bonds. The Hall–Kier alpha value is -2.58.